The molecule has 0 aliphatic rings. The van der Waals surface area contributed by atoms with Gasteiger partial charge in [-0.3, -0.25) is 4.79 Å². The van der Waals surface area contributed by atoms with E-state index in [1.54, 1.807) is 41.1 Å². The number of anilines is 1. The molecule has 0 spiro atoms. The molecule has 0 bridgehead atoms. The molecular weight excluding hydrogens is 294 g/mol. The van der Waals surface area contributed by atoms with Crippen LogP contribution in [0.3, 0.4) is 0 Å². The molecule has 23 heavy (non-hydrogen) atoms. The van der Waals surface area contributed by atoms with Crippen LogP contribution in [0.2, 0.25) is 0 Å². The molecule has 0 aliphatic heterocycles. The second-order valence-corrected chi connectivity index (χ2v) is 4.94. The molecule has 1 aromatic carbocycles. The van der Waals surface area contributed by atoms with Gasteiger partial charge in [0.2, 0.25) is 11.8 Å². The predicted octanol–water partition coefficient (Wildman–Crippen LogP) is 2.72. The van der Waals surface area contributed by atoms with Crippen LogP contribution < -0.4 is 10.1 Å². The van der Waals surface area contributed by atoms with Crippen molar-refractivity contribution in [2.75, 3.05) is 5.32 Å². The first kappa shape index (κ1) is 14.7. The van der Waals surface area contributed by atoms with Gasteiger partial charge < -0.3 is 10.1 Å². The first-order chi connectivity index (χ1) is 11.1. The number of nitrogens with one attached hydrogen (secondary N) is 1. The Bertz CT molecular complexity index is 809. The lowest BCUT2D eigenvalue weighted by Gasteiger charge is -2.06. The van der Waals surface area contributed by atoms with Crippen molar-refractivity contribution in [2.24, 2.45) is 0 Å². The Hall–Kier alpha value is -3.22. The van der Waals surface area contributed by atoms with E-state index in [9.17, 15) is 4.79 Å². The summed E-state index contributed by atoms with van der Waals surface area (Å²) >= 11 is 0. The molecule has 3 rings (SSSR count). The summed E-state index contributed by atoms with van der Waals surface area (Å²) in [6.07, 6.45) is 1.82. The molecule has 2 aromatic heterocycles. The van der Waals surface area contributed by atoms with Crippen LogP contribution >= 0.6 is 0 Å². The molecule has 2 heterocycles. The number of carbonyl (C=O) groups excluding carboxylic acids is 1. The molecule has 7 nitrogen and oxygen atoms in total. The van der Waals surface area contributed by atoms with E-state index in [4.69, 9.17) is 4.74 Å². The number of benzene rings is 1. The second kappa shape index (κ2) is 6.27. The molecule has 7 heteroatoms. The lowest BCUT2D eigenvalue weighted by Crippen LogP contribution is -2.05. The summed E-state index contributed by atoms with van der Waals surface area (Å²) < 4.78 is 7.27. The van der Waals surface area contributed by atoms with Crippen molar-refractivity contribution in [3.63, 3.8) is 0 Å². The van der Waals surface area contributed by atoms with Gasteiger partial charge in [-0.2, -0.15) is 5.10 Å². The van der Waals surface area contributed by atoms with E-state index in [2.05, 4.69) is 20.6 Å². The highest BCUT2D eigenvalue weighted by Crippen LogP contribution is 2.21. The minimum Gasteiger partial charge on any atom is -0.438 e. The number of nitrogens with zero attached hydrogens (tertiary/aromatic N) is 4. The maximum Gasteiger partial charge on any atom is 0.238 e. The van der Waals surface area contributed by atoms with Crippen LogP contribution in [0.4, 0.5) is 5.69 Å². The van der Waals surface area contributed by atoms with Gasteiger partial charge in [0.1, 0.15) is 5.75 Å². The number of hydrogen-bond acceptors (Lipinski definition) is 5. The molecule has 0 fully saturated rings. The Morgan fingerprint density at radius 3 is 2.43 bits per heavy atom. The van der Waals surface area contributed by atoms with E-state index >= 15 is 0 Å². The number of amides is 1. The Kier molecular flexibility index (Phi) is 4.01. The molecule has 0 saturated heterocycles. The Labute approximate surface area is 132 Å². The lowest BCUT2D eigenvalue weighted by atomic mass is 10.3. The number of hydrogen-bond donors (Lipinski definition) is 1. The highest BCUT2D eigenvalue weighted by molar-refractivity contribution is 5.88. The van der Waals surface area contributed by atoms with Crippen molar-refractivity contribution in [3.05, 3.63) is 54.4 Å². The first-order valence-corrected chi connectivity index (χ1v) is 7.02. The summed E-state index contributed by atoms with van der Waals surface area (Å²) in [4.78, 5) is 11.0. The van der Waals surface area contributed by atoms with Gasteiger partial charge in [0.15, 0.2) is 5.82 Å². The number of aromatic nitrogens is 4. The minimum atomic E-state index is -0.117. The van der Waals surface area contributed by atoms with E-state index in [1.807, 2.05) is 19.2 Å². The molecule has 0 unspecified atom stereocenters. The van der Waals surface area contributed by atoms with Crippen LogP contribution in [0, 0.1) is 6.92 Å². The van der Waals surface area contributed by atoms with Crippen molar-refractivity contribution in [2.45, 2.75) is 13.8 Å². The summed E-state index contributed by atoms with van der Waals surface area (Å²) in [5.41, 5.74) is 1.62. The SMILES string of the molecule is CC(=O)Nc1ccc(Oc2ccc(-n3ccc(C)n3)nn2)cc1. The maximum absolute atomic E-state index is 11.0. The van der Waals surface area contributed by atoms with Crippen LogP contribution in [-0.2, 0) is 4.79 Å². The summed E-state index contributed by atoms with van der Waals surface area (Å²) in [7, 11) is 0. The summed E-state index contributed by atoms with van der Waals surface area (Å²) in [5, 5.41) is 15.1. The Morgan fingerprint density at radius 1 is 1.09 bits per heavy atom. The zero-order chi connectivity index (χ0) is 16.2. The van der Waals surface area contributed by atoms with Crippen molar-refractivity contribution < 1.29 is 9.53 Å². The van der Waals surface area contributed by atoms with Crippen LogP contribution in [0.25, 0.3) is 5.82 Å². The average Bonchev–Trinajstić information content (AvgIpc) is 2.96. The Morgan fingerprint density at radius 2 is 1.87 bits per heavy atom. The average molecular weight is 309 g/mol. The zero-order valence-electron chi connectivity index (χ0n) is 12.7. The highest BCUT2D eigenvalue weighted by Gasteiger charge is 2.04. The summed E-state index contributed by atoms with van der Waals surface area (Å²) in [6.45, 7) is 3.37. The van der Waals surface area contributed by atoms with Crippen LogP contribution in [0.15, 0.2) is 48.7 Å². The van der Waals surface area contributed by atoms with Crippen molar-refractivity contribution in [1.82, 2.24) is 20.0 Å². The van der Waals surface area contributed by atoms with Crippen LogP contribution in [0.1, 0.15) is 12.6 Å². The van der Waals surface area contributed by atoms with Gasteiger partial charge in [-0.25, -0.2) is 4.68 Å². The fourth-order valence-electron chi connectivity index (χ4n) is 1.96. The quantitative estimate of drug-likeness (QED) is 0.801. The number of carbonyl (C=O) groups is 1. The van der Waals surface area contributed by atoms with Gasteiger partial charge in [-0.05, 0) is 43.3 Å². The number of aryl methyl sites for hydroxylation is 1. The third kappa shape index (κ3) is 3.70. The number of ether oxygens (including phenoxy) is 1. The normalized spacial score (nSPS) is 10.3. The molecule has 1 N–H and O–H groups in total. The van der Waals surface area contributed by atoms with E-state index in [-0.39, 0.29) is 5.91 Å². The maximum atomic E-state index is 11.0. The predicted molar refractivity (Wildman–Crippen MR) is 84.7 cm³/mol. The molecular formula is C16H15N5O2. The van der Waals surface area contributed by atoms with Gasteiger partial charge in [0.05, 0.1) is 5.69 Å². The lowest BCUT2D eigenvalue weighted by molar-refractivity contribution is -0.114. The fourth-order valence-corrected chi connectivity index (χ4v) is 1.96. The highest BCUT2D eigenvalue weighted by atomic mass is 16.5. The van der Waals surface area contributed by atoms with Crippen LogP contribution in [0.5, 0.6) is 11.6 Å². The molecule has 0 radical (unpaired) electrons. The fraction of sp³-hybridized carbons (Fsp3) is 0.125. The van der Waals surface area contributed by atoms with Crippen LogP contribution in [-0.4, -0.2) is 25.9 Å². The monoisotopic (exact) mass is 309 g/mol. The van der Waals surface area contributed by atoms with E-state index in [0.717, 1.165) is 5.69 Å². The number of rotatable bonds is 4. The van der Waals surface area contributed by atoms with Gasteiger partial charge in [-0.15, -0.1) is 10.2 Å². The van der Waals surface area contributed by atoms with Crippen molar-refractivity contribution >= 4 is 11.6 Å². The summed E-state index contributed by atoms with van der Waals surface area (Å²) in [6, 6.07) is 12.4. The van der Waals surface area contributed by atoms with Gasteiger partial charge >= 0.3 is 0 Å². The molecule has 0 aliphatic carbocycles. The molecule has 1 amide bonds. The molecule has 0 atom stereocenters. The van der Waals surface area contributed by atoms with Crippen molar-refractivity contribution in [1.29, 1.82) is 0 Å². The van der Waals surface area contributed by atoms with Crippen molar-refractivity contribution in [3.8, 4) is 17.4 Å². The smallest absolute Gasteiger partial charge is 0.238 e. The van der Waals surface area contributed by atoms with Gasteiger partial charge in [0, 0.05) is 24.9 Å². The van der Waals surface area contributed by atoms with Gasteiger partial charge in [0.25, 0.3) is 0 Å². The standard InChI is InChI=1S/C16H15N5O2/c1-11-9-10-21(20-11)15-7-8-16(19-18-15)23-14-5-3-13(4-6-14)17-12(2)22/h3-10H,1-2H3,(H,17,22). The second-order valence-electron chi connectivity index (χ2n) is 4.94. The molecule has 3 aromatic rings. The third-order valence-corrected chi connectivity index (χ3v) is 2.98. The first-order valence-electron chi connectivity index (χ1n) is 7.02. The van der Waals surface area contributed by atoms with E-state index < -0.39 is 0 Å². The molecule has 116 valence electrons. The van der Waals surface area contributed by atoms with Gasteiger partial charge in [-0.1, -0.05) is 0 Å². The minimum absolute atomic E-state index is 0.117. The topological polar surface area (TPSA) is 81.9 Å². The van der Waals surface area contributed by atoms with E-state index in [1.165, 1.54) is 6.92 Å². The summed E-state index contributed by atoms with van der Waals surface area (Å²) in [5.74, 6) is 1.49. The third-order valence-electron chi connectivity index (χ3n) is 2.98. The molecule has 0 saturated carbocycles. The zero-order valence-corrected chi connectivity index (χ0v) is 12.7. The van der Waals surface area contributed by atoms with E-state index in [0.29, 0.717) is 23.1 Å². The largest absolute Gasteiger partial charge is 0.438 e. The Balaban J connectivity index is 1.69.